The standard InChI is InChI=1S/C24H30N4O2S/c1-18-26-23-8-5-15-25-24(23)28(18)21-13-16-27(17-14-21)31(29,30)22-11-9-20(10-12-22)19-6-3-2-4-7-19/h5,8-12,15,19,21H,2-4,6-7,13-14,16-17H2,1H3. The summed E-state index contributed by atoms with van der Waals surface area (Å²) >= 11 is 0. The Labute approximate surface area is 184 Å². The number of imidazole rings is 1. The predicted octanol–water partition coefficient (Wildman–Crippen LogP) is 4.81. The van der Waals surface area contributed by atoms with Gasteiger partial charge in [0.15, 0.2) is 5.65 Å². The van der Waals surface area contributed by atoms with Crippen LogP contribution in [0.5, 0.6) is 0 Å². The lowest BCUT2D eigenvalue weighted by molar-refractivity contribution is 0.274. The zero-order valence-electron chi connectivity index (χ0n) is 18.1. The molecule has 1 aliphatic heterocycles. The summed E-state index contributed by atoms with van der Waals surface area (Å²) in [5, 5.41) is 0. The van der Waals surface area contributed by atoms with Crippen LogP contribution in [-0.4, -0.2) is 40.3 Å². The highest BCUT2D eigenvalue weighted by molar-refractivity contribution is 7.89. The van der Waals surface area contributed by atoms with Gasteiger partial charge in [0.1, 0.15) is 11.3 Å². The van der Waals surface area contributed by atoms with Gasteiger partial charge in [-0.2, -0.15) is 4.31 Å². The molecule has 2 aliphatic rings. The summed E-state index contributed by atoms with van der Waals surface area (Å²) in [6, 6.07) is 11.8. The van der Waals surface area contributed by atoms with Crippen LogP contribution in [0.1, 0.15) is 68.3 Å². The van der Waals surface area contributed by atoms with Gasteiger partial charge in [-0.1, -0.05) is 31.4 Å². The molecule has 31 heavy (non-hydrogen) atoms. The van der Waals surface area contributed by atoms with E-state index in [0.717, 1.165) is 29.8 Å². The van der Waals surface area contributed by atoms with Crippen LogP contribution in [0.15, 0.2) is 47.5 Å². The van der Waals surface area contributed by atoms with E-state index in [1.54, 1.807) is 10.5 Å². The Morgan fingerprint density at radius 2 is 1.65 bits per heavy atom. The smallest absolute Gasteiger partial charge is 0.243 e. The van der Waals surface area contributed by atoms with Crippen LogP contribution >= 0.6 is 0 Å². The molecule has 5 rings (SSSR count). The van der Waals surface area contributed by atoms with Gasteiger partial charge in [0.05, 0.1) is 4.90 Å². The average molecular weight is 439 g/mol. The number of rotatable bonds is 4. The van der Waals surface area contributed by atoms with Crippen molar-refractivity contribution in [3.8, 4) is 0 Å². The molecule has 1 saturated carbocycles. The van der Waals surface area contributed by atoms with Gasteiger partial charge in [-0.15, -0.1) is 0 Å². The second-order valence-electron chi connectivity index (χ2n) is 8.91. The molecular formula is C24H30N4O2S. The molecule has 3 aromatic rings. The quantitative estimate of drug-likeness (QED) is 0.586. The lowest BCUT2D eigenvalue weighted by atomic mass is 9.84. The summed E-state index contributed by atoms with van der Waals surface area (Å²) < 4.78 is 30.3. The van der Waals surface area contributed by atoms with Crippen molar-refractivity contribution in [3.05, 3.63) is 54.0 Å². The predicted molar refractivity (Wildman–Crippen MR) is 122 cm³/mol. The van der Waals surface area contributed by atoms with Gasteiger partial charge < -0.3 is 4.57 Å². The first-order valence-electron chi connectivity index (χ1n) is 11.4. The normalized spacial score (nSPS) is 19.8. The number of nitrogens with zero attached hydrogens (tertiary/aromatic N) is 4. The van der Waals surface area contributed by atoms with Crippen LogP contribution in [0.3, 0.4) is 0 Å². The molecule has 0 N–H and O–H groups in total. The summed E-state index contributed by atoms with van der Waals surface area (Å²) in [6.07, 6.45) is 9.64. The second kappa shape index (κ2) is 8.36. The number of aromatic nitrogens is 3. The minimum atomic E-state index is -3.46. The Hall–Kier alpha value is -2.25. The van der Waals surface area contributed by atoms with E-state index in [0.29, 0.717) is 23.9 Å². The number of benzene rings is 1. The van der Waals surface area contributed by atoms with Crippen LogP contribution in [0, 0.1) is 6.92 Å². The van der Waals surface area contributed by atoms with Gasteiger partial charge in [0.2, 0.25) is 10.0 Å². The number of piperidine rings is 1. The maximum Gasteiger partial charge on any atom is 0.243 e. The molecule has 7 heteroatoms. The minimum absolute atomic E-state index is 0.222. The van der Waals surface area contributed by atoms with Gasteiger partial charge in [-0.05, 0) is 68.4 Å². The molecule has 0 spiro atoms. The Bertz CT molecular complexity index is 1160. The zero-order valence-corrected chi connectivity index (χ0v) is 18.9. The molecule has 1 aliphatic carbocycles. The minimum Gasteiger partial charge on any atom is -0.310 e. The third kappa shape index (κ3) is 3.89. The molecule has 2 fully saturated rings. The third-order valence-electron chi connectivity index (χ3n) is 7.01. The number of aryl methyl sites for hydroxylation is 1. The fourth-order valence-corrected chi connectivity index (χ4v) is 6.79. The molecule has 0 radical (unpaired) electrons. The van der Waals surface area contributed by atoms with Crippen molar-refractivity contribution in [3.63, 3.8) is 0 Å². The highest BCUT2D eigenvalue weighted by Crippen LogP contribution is 2.34. The van der Waals surface area contributed by atoms with Crippen LogP contribution in [0.2, 0.25) is 0 Å². The monoisotopic (exact) mass is 438 g/mol. The van der Waals surface area contributed by atoms with Crippen LogP contribution < -0.4 is 0 Å². The van der Waals surface area contributed by atoms with E-state index in [1.165, 1.54) is 37.7 Å². The lowest BCUT2D eigenvalue weighted by Crippen LogP contribution is -2.39. The summed E-state index contributed by atoms with van der Waals surface area (Å²) in [5.74, 6) is 1.52. The van der Waals surface area contributed by atoms with E-state index < -0.39 is 10.0 Å². The number of hydrogen-bond acceptors (Lipinski definition) is 4. The largest absolute Gasteiger partial charge is 0.310 e. The van der Waals surface area contributed by atoms with Crippen molar-refractivity contribution in [2.24, 2.45) is 0 Å². The van der Waals surface area contributed by atoms with Gasteiger partial charge in [-0.25, -0.2) is 18.4 Å². The topological polar surface area (TPSA) is 68.1 Å². The molecule has 2 aromatic heterocycles. The number of sulfonamides is 1. The maximum absolute atomic E-state index is 13.2. The van der Waals surface area contributed by atoms with E-state index >= 15 is 0 Å². The first-order chi connectivity index (χ1) is 15.0. The Balaban J connectivity index is 1.30. The van der Waals surface area contributed by atoms with Crippen molar-refractivity contribution in [1.82, 2.24) is 18.8 Å². The Kier molecular flexibility index (Phi) is 5.56. The van der Waals surface area contributed by atoms with Crippen molar-refractivity contribution in [2.45, 2.75) is 68.7 Å². The first kappa shape index (κ1) is 20.6. The van der Waals surface area contributed by atoms with Crippen LogP contribution in [-0.2, 0) is 10.0 Å². The molecular weight excluding hydrogens is 408 g/mol. The maximum atomic E-state index is 13.2. The van der Waals surface area contributed by atoms with Crippen molar-refractivity contribution in [2.75, 3.05) is 13.1 Å². The molecule has 0 unspecified atom stereocenters. The summed E-state index contributed by atoms with van der Waals surface area (Å²) in [7, 11) is -3.46. The fourth-order valence-electron chi connectivity index (χ4n) is 5.32. The molecule has 1 aromatic carbocycles. The number of pyridine rings is 1. The van der Waals surface area contributed by atoms with Crippen LogP contribution in [0.25, 0.3) is 11.2 Å². The highest BCUT2D eigenvalue weighted by atomic mass is 32.2. The lowest BCUT2D eigenvalue weighted by Gasteiger charge is -2.32. The van der Waals surface area contributed by atoms with Gasteiger partial charge in [0.25, 0.3) is 0 Å². The van der Waals surface area contributed by atoms with Crippen molar-refractivity contribution in [1.29, 1.82) is 0 Å². The highest BCUT2D eigenvalue weighted by Gasteiger charge is 2.31. The van der Waals surface area contributed by atoms with Gasteiger partial charge >= 0.3 is 0 Å². The van der Waals surface area contributed by atoms with Crippen molar-refractivity contribution >= 4 is 21.2 Å². The van der Waals surface area contributed by atoms with E-state index in [-0.39, 0.29) is 6.04 Å². The second-order valence-corrected chi connectivity index (χ2v) is 10.9. The molecule has 6 nitrogen and oxygen atoms in total. The summed E-state index contributed by atoms with van der Waals surface area (Å²) in [4.78, 5) is 9.54. The average Bonchev–Trinajstić information content (AvgIpc) is 3.15. The van der Waals surface area contributed by atoms with E-state index in [2.05, 4.69) is 14.5 Å². The summed E-state index contributed by atoms with van der Waals surface area (Å²) in [5.41, 5.74) is 3.07. The molecule has 164 valence electrons. The van der Waals surface area contributed by atoms with Gasteiger partial charge in [0, 0.05) is 25.3 Å². The van der Waals surface area contributed by atoms with E-state index in [4.69, 9.17) is 0 Å². The zero-order chi connectivity index (χ0) is 21.4. The van der Waals surface area contributed by atoms with E-state index in [1.807, 2.05) is 43.3 Å². The van der Waals surface area contributed by atoms with Crippen molar-refractivity contribution < 1.29 is 8.42 Å². The van der Waals surface area contributed by atoms with E-state index in [9.17, 15) is 8.42 Å². The molecule has 3 heterocycles. The first-order valence-corrected chi connectivity index (χ1v) is 12.9. The molecule has 0 bridgehead atoms. The third-order valence-corrected chi connectivity index (χ3v) is 8.92. The Morgan fingerprint density at radius 3 is 2.35 bits per heavy atom. The summed E-state index contributed by atoms with van der Waals surface area (Å²) in [6.45, 7) is 3.03. The molecule has 1 saturated heterocycles. The SMILES string of the molecule is Cc1nc2cccnc2n1C1CCN(S(=O)(=O)c2ccc(C3CCCCC3)cc2)CC1. The van der Waals surface area contributed by atoms with Crippen LogP contribution in [0.4, 0.5) is 0 Å². The number of fused-ring (bicyclic) bond motifs is 1. The fraction of sp³-hybridized carbons (Fsp3) is 0.500. The Morgan fingerprint density at radius 1 is 0.935 bits per heavy atom. The molecule has 0 atom stereocenters. The van der Waals surface area contributed by atoms with Gasteiger partial charge in [-0.3, -0.25) is 0 Å². The molecule has 0 amide bonds. The number of hydrogen-bond donors (Lipinski definition) is 0.